The molecule has 120 valence electrons. The first-order valence-electron chi connectivity index (χ1n) is 7.55. The molecule has 0 aromatic heterocycles. The Balaban J connectivity index is 1.74. The van der Waals surface area contributed by atoms with E-state index in [0.717, 1.165) is 15.7 Å². The van der Waals surface area contributed by atoms with E-state index in [4.69, 9.17) is 4.74 Å². The summed E-state index contributed by atoms with van der Waals surface area (Å²) in [6.07, 6.45) is 0. The second-order valence-corrected chi connectivity index (χ2v) is 6.15. The zero-order valence-electron chi connectivity index (χ0n) is 12.9. The molecule has 0 saturated carbocycles. The molecule has 0 bridgehead atoms. The zero-order chi connectivity index (χ0) is 16.8. The largest absolute Gasteiger partial charge is 0.488 e. The number of carbonyl (C=O) groups excluding carboxylic acids is 1. The molecule has 1 N–H and O–H groups in total. The summed E-state index contributed by atoms with van der Waals surface area (Å²) in [4.78, 5) is 12.6. The lowest BCUT2D eigenvalue weighted by Crippen LogP contribution is -2.13. The standard InChI is InChI=1S/C20H16BrNO2/c21-16-9-6-10-17(13-16)22-20(23)18-11-4-5-12-19(18)24-14-15-7-2-1-3-8-15/h1-13H,14H2,(H,22,23). The predicted octanol–water partition coefficient (Wildman–Crippen LogP) is 5.28. The van der Waals surface area contributed by atoms with Gasteiger partial charge in [-0.05, 0) is 35.9 Å². The molecule has 4 heteroatoms. The van der Waals surface area contributed by atoms with Gasteiger partial charge in [-0.2, -0.15) is 0 Å². The molecule has 1 amide bonds. The number of anilines is 1. The molecule has 0 aliphatic rings. The van der Waals surface area contributed by atoms with Gasteiger partial charge >= 0.3 is 0 Å². The fourth-order valence-corrected chi connectivity index (χ4v) is 2.68. The maximum atomic E-state index is 12.6. The molecule has 0 fully saturated rings. The third kappa shape index (κ3) is 4.24. The minimum absolute atomic E-state index is 0.197. The Bertz CT molecular complexity index is 834. The van der Waals surface area contributed by atoms with Crippen LogP contribution in [0, 0.1) is 0 Å². The van der Waals surface area contributed by atoms with Gasteiger partial charge in [-0.25, -0.2) is 0 Å². The molecule has 3 nitrogen and oxygen atoms in total. The number of hydrogen-bond acceptors (Lipinski definition) is 2. The maximum Gasteiger partial charge on any atom is 0.259 e. The van der Waals surface area contributed by atoms with Gasteiger partial charge in [0.25, 0.3) is 5.91 Å². The molecule has 0 spiro atoms. The molecule has 0 heterocycles. The lowest BCUT2D eigenvalue weighted by Gasteiger charge is -2.12. The fourth-order valence-electron chi connectivity index (χ4n) is 2.28. The highest BCUT2D eigenvalue weighted by atomic mass is 79.9. The summed E-state index contributed by atoms with van der Waals surface area (Å²) in [5.74, 6) is 0.366. The van der Waals surface area contributed by atoms with Crippen molar-refractivity contribution in [3.63, 3.8) is 0 Å². The van der Waals surface area contributed by atoms with Gasteiger partial charge in [0.05, 0.1) is 5.56 Å². The number of rotatable bonds is 5. The van der Waals surface area contributed by atoms with Crippen LogP contribution in [0.5, 0.6) is 5.75 Å². The Kier molecular flexibility index (Phi) is 5.29. The van der Waals surface area contributed by atoms with Crippen LogP contribution in [-0.2, 0) is 6.61 Å². The number of para-hydroxylation sites is 1. The number of nitrogens with one attached hydrogen (secondary N) is 1. The molecule has 0 aliphatic heterocycles. The molecule has 3 aromatic carbocycles. The van der Waals surface area contributed by atoms with Gasteiger partial charge in [0, 0.05) is 10.2 Å². The van der Waals surface area contributed by atoms with Gasteiger partial charge in [-0.15, -0.1) is 0 Å². The summed E-state index contributed by atoms with van der Waals surface area (Å²) < 4.78 is 6.75. The molecule has 3 rings (SSSR count). The number of carbonyl (C=O) groups is 1. The summed E-state index contributed by atoms with van der Waals surface area (Å²) in [5.41, 5.74) is 2.29. The normalized spacial score (nSPS) is 10.2. The number of benzene rings is 3. The molecule has 0 atom stereocenters. The Morgan fingerprint density at radius 1 is 0.917 bits per heavy atom. The van der Waals surface area contributed by atoms with Gasteiger partial charge in [0.15, 0.2) is 0 Å². The average molecular weight is 382 g/mol. The van der Waals surface area contributed by atoms with Crippen molar-refractivity contribution in [1.29, 1.82) is 0 Å². The SMILES string of the molecule is O=C(Nc1cccc(Br)c1)c1ccccc1OCc1ccccc1. The lowest BCUT2D eigenvalue weighted by molar-refractivity contribution is 0.102. The van der Waals surface area contributed by atoms with Crippen LogP contribution in [0.4, 0.5) is 5.69 Å². The maximum absolute atomic E-state index is 12.6. The van der Waals surface area contributed by atoms with Crippen LogP contribution >= 0.6 is 15.9 Å². The van der Waals surface area contributed by atoms with Crippen molar-refractivity contribution in [3.05, 3.63) is 94.5 Å². The average Bonchev–Trinajstić information content (AvgIpc) is 2.61. The smallest absolute Gasteiger partial charge is 0.259 e. The minimum Gasteiger partial charge on any atom is -0.488 e. The quantitative estimate of drug-likeness (QED) is 0.652. The first-order chi connectivity index (χ1) is 11.7. The van der Waals surface area contributed by atoms with Crippen LogP contribution in [0.1, 0.15) is 15.9 Å². The molecule has 3 aromatic rings. The number of hydrogen-bond donors (Lipinski definition) is 1. The summed E-state index contributed by atoms with van der Waals surface area (Å²) in [6, 6.07) is 24.6. The van der Waals surface area contributed by atoms with Gasteiger partial charge in [-0.3, -0.25) is 4.79 Å². The number of halogens is 1. The molecule has 0 unspecified atom stereocenters. The molecule has 0 radical (unpaired) electrons. The van der Waals surface area contributed by atoms with Gasteiger partial charge in [0.1, 0.15) is 12.4 Å². The van der Waals surface area contributed by atoms with E-state index in [9.17, 15) is 4.79 Å². The minimum atomic E-state index is -0.197. The van der Waals surface area contributed by atoms with E-state index in [1.807, 2.05) is 66.7 Å². The first-order valence-corrected chi connectivity index (χ1v) is 8.34. The highest BCUT2D eigenvalue weighted by molar-refractivity contribution is 9.10. The van der Waals surface area contributed by atoms with Gasteiger partial charge in [0.2, 0.25) is 0 Å². The van der Waals surface area contributed by atoms with E-state index in [1.54, 1.807) is 12.1 Å². The van der Waals surface area contributed by atoms with Crippen molar-refractivity contribution in [2.45, 2.75) is 6.61 Å². The topological polar surface area (TPSA) is 38.3 Å². The van der Waals surface area contributed by atoms with Crippen LogP contribution in [0.25, 0.3) is 0 Å². The van der Waals surface area contributed by atoms with E-state index in [-0.39, 0.29) is 5.91 Å². The summed E-state index contributed by atoms with van der Waals surface area (Å²) in [6.45, 7) is 0.419. The lowest BCUT2D eigenvalue weighted by atomic mass is 10.1. The number of amides is 1. The van der Waals surface area contributed by atoms with Crippen molar-refractivity contribution >= 4 is 27.5 Å². The second kappa shape index (κ2) is 7.79. The summed E-state index contributed by atoms with van der Waals surface area (Å²) >= 11 is 3.40. The van der Waals surface area contributed by atoms with Crippen molar-refractivity contribution < 1.29 is 9.53 Å². The molecular formula is C20H16BrNO2. The Morgan fingerprint density at radius 2 is 1.67 bits per heavy atom. The van der Waals surface area contributed by atoms with Gasteiger partial charge < -0.3 is 10.1 Å². The van der Waals surface area contributed by atoms with Crippen LogP contribution in [0.2, 0.25) is 0 Å². The van der Waals surface area contributed by atoms with Crippen molar-refractivity contribution in [3.8, 4) is 5.75 Å². The van der Waals surface area contributed by atoms with E-state index in [2.05, 4.69) is 21.2 Å². The van der Waals surface area contributed by atoms with Crippen molar-refractivity contribution in [1.82, 2.24) is 0 Å². The summed E-state index contributed by atoms with van der Waals surface area (Å²) in [7, 11) is 0. The van der Waals surface area contributed by atoms with Crippen LogP contribution < -0.4 is 10.1 Å². The summed E-state index contributed by atoms with van der Waals surface area (Å²) in [5, 5.41) is 2.89. The third-order valence-electron chi connectivity index (χ3n) is 3.45. The van der Waals surface area contributed by atoms with E-state index >= 15 is 0 Å². The highest BCUT2D eigenvalue weighted by Crippen LogP contribution is 2.22. The zero-order valence-corrected chi connectivity index (χ0v) is 14.5. The molecule has 0 saturated heterocycles. The van der Waals surface area contributed by atoms with Crippen LogP contribution in [0.15, 0.2) is 83.3 Å². The number of ether oxygens (including phenoxy) is 1. The monoisotopic (exact) mass is 381 g/mol. The van der Waals surface area contributed by atoms with E-state index in [1.165, 1.54) is 0 Å². The highest BCUT2D eigenvalue weighted by Gasteiger charge is 2.12. The predicted molar refractivity (Wildman–Crippen MR) is 99.3 cm³/mol. The van der Waals surface area contributed by atoms with E-state index < -0.39 is 0 Å². The first kappa shape index (κ1) is 16.3. The van der Waals surface area contributed by atoms with Crippen LogP contribution in [0.3, 0.4) is 0 Å². The van der Waals surface area contributed by atoms with Crippen molar-refractivity contribution in [2.24, 2.45) is 0 Å². The Hall–Kier alpha value is -2.59. The second-order valence-electron chi connectivity index (χ2n) is 5.23. The Labute approximate surface area is 149 Å². The molecule has 0 aliphatic carbocycles. The van der Waals surface area contributed by atoms with Crippen molar-refractivity contribution in [2.75, 3.05) is 5.32 Å². The van der Waals surface area contributed by atoms with Gasteiger partial charge in [-0.1, -0.05) is 64.5 Å². The molecule has 24 heavy (non-hydrogen) atoms. The Morgan fingerprint density at radius 3 is 2.46 bits per heavy atom. The third-order valence-corrected chi connectivity index (χ3v) is 3.94. The fraction of sp³-hybridized carbons (Fsp3) is 0.0500. The van der Waals surface area contributed by atoms with Crippen LogP contribution in [-0.4, -0.2) is 5.91 Å². The van der Waals surface area contributed by atoms with E-state index in [0.29, 0.717) is 17.9 Å². The molecular weight excluding hydrogens is 366 g/mol.